The summed E-state index contributed by atoms with van der Waals surface area (Å²) in [5.74, 6) is 1.04. The highest BCUT2D eigenvalue weighted by molar-refractivity contribution is 7.84. The third-order valence-corrected chi connectivity index (χ3v) is 3.48. The summed E-state index contributed by atoms with van der Waals surface area (Å²) in [4.78, 5) is 10.7. The van der Waals surface area contributed by atoms with Crippen LogP contribution in [0.25, 0.3) is 0 Å². The standard InChI is InChI=1S/C11H20N4O3S/c1-4-7-14-11(12-6-5-8-19(3)18)10(15(16)17)9(2)13-14/h12H,4-8H2,1-3H3. The number of nitrogens with one attached hydrogen (secondary N) is 1. The van der Waals surface area contributed by atoms with Crippen molar-refractivity contribution in [2.75, 3.05) is 23.9 Å². The fourth-order valence-electron chi connectivity index (χ4n) is 1.82. The Kier molecular flexibility index (Phi) is 5.94. The quantitative estimate of drug-likeness (QED) is 0.446. The molecule has 0 radical (unpaired) electrons. The molecule has 1 aromatic rings. The normalized spacial score (nSPS) is 12.4. The average Bonchev–Trinajstić information content (AvgIpc) is 2.61. The minimum absolute atomic E-state index is 0.0334. The first-order valence-corrected chi connectivity index (χ1v) is 7.95. The topological polar surface area (TPSA) is 90.1 Å². The molecule has 0 aliphatic rings. The van der Waals surface area contributed by atoms with Gasteiger partial charge in [0.15, 0.2) is 0 Å². The van der Waals surface area contributed by atoms with Gasteiger partial charge in [-0.2, -0.15) is 5.10 Å². The smallest absolute Gasteiger partial charge is 0.333 e. The van der Waals surface area contributed by atoms with Crippen molar-refractivity contribution in [3.05, 3.63) is 15.8 Å². The van der Waals surface area contributed by atoms with Crippen LogP contribution in [-0.4, -0.2) is 37.5 Å². The lowest BCUT2D eigenvalue weighted by molar-refractivity contribution is -0.384. The number of nitrogens with zero attached hydrogens (tertiary/aromatic N) is 3. The molecule has 0 bridgehead atoms. The molecule has 0 amide bonds. The Morgan fingerprint density at radius 1 is 1.53 bits per heavy atom. The van der Waals surface area contributed by atoms with Gasteiger partial charge in [0, 0.05) is 35.9 Å². The van der Waals surface area contributed by atoms with Crippen LogP contribution in [0, 0.1) is 17.0 Å². The third-order valence-electron chi connectivity index (χ3n) is 2.61. The van der Waals surface area contributed by atoms with Crippen molar-refractivity contribution in [1.29, 1.82) is 0 Å². The lowest BCUT2D eigenvalue weighted by Gasteiger charge is -2.07. The number of nitro groups is 1. The van der Waals surface area contributed by atoms with E-state index in [0.29, 0.717) is 36.8 Å². The van der Waals surface area contributed by atoms with E-state index >= 15 is 0 Å². The van der Waals surface area contributed by atoms with Crippen LogP contribution in [-0.2, 0) is 17.3 Å². The van der Waals surface area contributed by atoms with Gasteiger partial charge in [0.05, 0.1) is 4.92 Å². The van der Waals surface area contributed by atoms with Crippen LogP contribution < -0.4 is 5.32 Å². The Bertz CT molecular complexity index is 473. The van der Waals surface area contributed by atoms with E-state index in [1.165, 1.54) is 0 Å². The molecule has 1 atom stereocenters. The van der Waals surface area contributed by atoms with Crippen molar-refractivity contribution in [3.8, 4) is 0 Å². The summed E-state index contributed by atoms with van der Waals surface area (Å²) in [5, 5.41) is 18.3. The maximum absolute atomic E-state index is 11.1. The van der Waals surface area contributed by atoms with E-state index in [2.05, 4.69) is 10.4 Å². The van der Waals surface area contributed by atoms with Crippen LogP contribution in [0.2, 0.25) is 0 Å². The summed E-state index contributed by atoms with van der Waals surface area (Å²) in [6.45, 7) is 4.81. The number of aromatic nitrogens is 2. The Balaban J connectivity index is 2.82. The van der Waals surface area contributed by atoms with Gasteiger partial charge in [0.25, 0.3) is 0 Å². The minimum Gasteiger partial charge on any atom is -0.364 e. The second kappa shape index (κ2) is 7.22. The zero-order chi connectivity index (χ0) is 14.4. The molecule has 1 heterocycles. The number of hydrogen-bond donors (Lipinski definition) is 1. The first-order valence-electron chi connectivity index (χ1n) is 6.23. The van der Waals surface area contributed by atoms with Crippen molar-refractivity contribution in [3.63, 3.8) is 0 Å². The number of hydrogen-bond acceptors (Lipinski definition) is 5. The minimum atomic E-state index is -0.837. The van der Waals surface area contributed by atoms with E-state index in [0.717, 1.165) is 6.42 Å². The monoisotopic (exact) mass is 288 g/mol. The van der Waals surface area contributed by atoms with Crippen molar-refractivity contribution >= 4 is 22.3 Å². The number of rotatable bonds is 8. The van der Waals surface area contributed by atoms with Crippen molar-refractivity contribution in [2.45, 2.75) is 33.2 Å². The van der Waals surface area contributed by atoms with Crippen molar-refractivity contribution < 1.29 is 9.13 Å². The molecule has 0 saturated carbocycles. The predicted octanol–water partition coefficient (Wildman–Crippen LogP) is 1.69. The molecule has 0 aliphatic carbocycles. The molecule has 0 saturated heterocycles. The zero-order valence-corrected chi connectivity index (χ0v) is 12.3. The fourth-order valence-corrected chi connectivity index (χ4v) is 2.37. The number of aryl methyl sites for hydroxylation is 2. The molecule has 0 fully saturated rings. The zero-order valence-electron chi connectivity index (χ0n) is 11.5. The summed E-state index contributed by atoms with van der Waals surface area (Å²) in [6, 6.07) is 0. The van der Waals surface area contributed by atoms with Crippen LogP contribution in [0.1, 0.15) is 25.5 Å². The van der Waals surface area contributed by atoms with Crippen molar-refractivity contribution in [2.24, 2.45) is 0 Å². The molecule has 108 valence electrons. The second-order valence-corrected chi connectivity index (χ2v) is 5.88. The van der Waals surface area contributed by atoms with Crippen LogP contribution in [0.4, 0.5) is 11.5 Å². The molecule has 1 aromatic heterocycles. The maximum Gasteiger partial charge on any atom is 0.333 e. The summed E-state index contributed by atoms with van der Waals surface area (Å²) in [5.41, 5.74) is 0.450. The molecule has 1 rings (SSSR count). The molecule has 19 heavy (non-hydrogen) atoms. The van der Waals surface area contributed by atoms with Gasteiger partial charge in [-0.15, -0.1) is 0 Å². The van der Waals surface area contributed by atoms with E-state index < -0.39 is 15.7 Å². The fraction of sp³-hybridized carbons (Fsp3) is 0.727. The van der Waals surface area contributed by atoms with Crippen LogP contribution in [0.5, 0.6) is 0 Å². The summed E-state index contributed by atoms with van der Waals surface area (Å²) in [7, 11) is -0.837. The SMILES string of the molecule is CCCn1nc(C)c([N+](=O)[O-])c1NCCCS(C)=O. The Morgan fingerprint density at radius 2 is 2.21 bits per heavy atom. The number of anilines is 1. The molecule has 0 aromatic carbocycles. The van der Waals surface area contributed by atoms with E-state index in [1.54, 1.807) is 17.9 Å². The van der Waals surface area contributed by atoms with Crippen LogP contribution in [0.15, 0.2) is 0 Å². The van der Waals surface area contributed by atoms with Crippen LogP contribution in [0.3, 0.4) is 0 Å². The van der Waals surface area contributed by atoms with Gasteiger partial charge in [-0.3, -0.25) is 14.3 Å². The Hall–Kier alpha value is -1.44. The van der Waals surface area contributed by atoms with Gasteiger partial charge in [-0.1, -0.05) is 6.92 Å². The molecule has 1 unspecified atom stereocenters. The van der Waals surface area contributed by atoms with E-state index in [4.69, 9.17) is 0 Å². The molecule has 0 aliphatic heterocycles. The van der Waals surface area contributed by atoms with E-state index in [-0.39, 0.29) is 5.69 Å². The van der Waals surface area contributed by atoms with E-state index in [9.17, 15) is 14.3 Å². The van der Waals surface area contributed by atoms with Gasteiger partial charge < -0.3 is 5.32 Å². The lowest BCUT2D eigenvalue weighted by atomic mass is 10.3. The third kappa shape index (κ3) is 4.30. The van der Waals surface area contributed by atoms with Gasteiger partial charge in [-0.05, 0) is 19.8 Å². The Labute approximate surface area is 115 Å². The Morgan fingerprint density at radius 3 is 2.74 bits per heavy atom. The van der Waals surface area contributed by atoms with Gasteiger partial charge in [-0.25, -0.2) is 4.68 Å². The highest BCUT2D eigenvalue weighted by Gasteiger charge is 2.24. The maximum atomic E-state index is 11.1. The van der Waals surface area contributed by atoms with E-state index in [1.807, 2.05) is 6.92 Å². The molecule has 7 nitrogen and oxygen atoms in total. The highest BCUT2D eigenvalue weighted by Crippen LogP contribution is 2.28. The first kappa shape index (κ1) is 15.6. The molecule has 1 N–H and O–H groups in total. The summed E-state index contributed by atoms with van der Waals surface area (Å²) >= 11 is 0. The molecule has 8 heteroatoms. The molecule has 0 spiro atoms. The summed E-state index contributed by atoms with van der Waals surface area (Å²) in [6.07, 6.45) is 3.20. The largest absolute Gasteiger partial charge is 0.364 e. The first-order chi connectivity index (χ1) is 8.97. The van der Waals surface area contributed by atoms with Gasteiger partial charge in [0.1, 0.15) is 5.69 Å². The second-order valence-electron chi connectivity index (χ2n) is 4.32. The molecular formula is C11H20N4O3S. The lowest BCUT2D eigenvalue weighted by Crippen LogP contribution is -2.12. The average molecular weight is 288 g/mol. The predicted molar refractivity (Wildman–Crippen MR) is 75.9 cm³/mol. The highest BCUT2D eigenvalue weighted by atomic mass is 32.2. The van der Waals surface area contributed by atoms with Crippen LogP contribution >= 0.6 is 0 Å². The summed E-state index contributed by atoms with van der Waals surface area (Å²) < 4.78 is 12.6. The van der Waals surface area contributed by atoms with Crippen molar-refractivity contribution in [1.82, 2.24) is 9.78 Å². The molecular weight excluding hydrogens is 268 g/mol. The van der Waals surface area contributed by atoms with Gasteiger partial charge >= 0.3 is 5.69 Å². The van der Waals surface area contributed by atoms with Gasteiger partial charge in [0.2, 0.25) is 5.82 Å².